The molecular weight excluding hydrogens is 656 g/mol. The second kappa shape index (κ2) is 16.4. The van der Waals surface area contributed by atoms with Gasteiger partial charge in [0.2, 0.25) is 5.82 Å². The van der Waals surface area contributed by atoms with Crippen LogP contribution in [-0.2, 0) is 28.5 Å². The Hall–Kier alpha value is -5.67. The molecule has 5 rings (SSSR count). The van der Waals surface area contributed by atoms with Gasteiger partial charge in [-0.3, -0.25) is 14.6 Å². The lowest BCUT2D eigenvalue weighted by atomic mass is 10.1. The van der Waals surface area contributed by atoms with E-state index < -0.39 is 60.6 Å². The Morgan fingerprint density at radius 3 is 1.90 bits per heavy atom. The Labute approximate surface area is 284 Å². The number of nitrogens with zero attached hydrogens (tertiary/aromatic N) is 2. The van der Waals surface area contributed by atoms with E-state index in [1.54, 1.807) is 66.7 Å². The van der Waals surface area contributed by atoms with Crippen LogP contribution in [0.15, 0.2) is 95.8 Å². The van der Waals surface area contributed by atoms with Crippen LogP contribution < -0.4 is 10.9 Å². The predicted molar refractivity (Wildman–Crippen MR) is 175 cm³/mol. The Kier molecular flexibility index (Phi) is 11.6. The lowest BCUT2D eigenvalue weighted by molar-refractivity contribution is -0.141. The molecule has 0 spiro atoms. The number of hydrogen-bond donors (Lipinski definition) is 2. The smallest absolute Gasteiger partial charge is 0.338 e. The summed E-state index contributed by atoms with van der Waals surface area (Å²) in [6.07, 6.45) is -4.83. The standard InChI is InChI=1S/C34H32N4O10S/c1-2-18-44-25(39)19-35-28-29(40)36-34(49)38(37-28)30-27(48-33(43)23-16-10-5-11-17-23)26(47-32(42)22-14-8-4-9-15-22)24(46-30)20-45-31(41)21-12-6-3-7-13-21/h3-17,24,26-27,30H,2,18-20H2,1H3,(H,35,37)(H,36,40,49)/t24-,26-,27+,30-/m1/s1. The van der Waals surface area contributed by atoms with Crippen LogP contribution in [0.25, 0.3) is 0 Å². The van der Waals surface area contributed by atoms with E-state index in [0.29, 0.717) is 6.42 Å². The van der Waals surface area contributed by atoms with E-state index in [1.165, 1.54) is 24.3 Å². The number of aromatic nitrogens is 3. The molecule has 2 N–H and O–H groups in total. The second-order valence-corrected chi connectivity index (χ2v) is 11.0. The maximum atomic E-state index is 13.4. The molecule has 0 saturated carbocycles. The molecule has 2 heterocycles. The molecule has 4 aromatic rings. The molecule has 0 bridgehead atoms. The number of carbonyl (C=O) groups is 4. The van der Waals surface area contributed by atoms with E-state index in [0.717, 1.165) is 4.68 Å². The molecule has 1 saturated heterocycles. The Bertz CT molecular complexity index is 1890. The number of H-pyrrole nitrogens is 1. The largest absolute Gasteiger partial charge is 0.464 e. The average Bonchev–Trinajstić information content (AvgIpc) is 3.45. The fourth-order valence-electron chi connectivity index (χ4n) is 4.78. The lowest BCUT2D eigenvalue weighted by Crippen LogP contribution is -2.42. The van der Waals surface area contributed by atoms with Gasteiger partial charge < -0.3 is 29.0 Å². The number of anilines is 1. The summed E-state index contributed by atoms with van der Waals surface area (Å²) in [6, 6.07) is 24.3. The highest BCUT2D eigenvalue weighted by molar-refractivity contribution is 7.71. The van der Waals surface area contributed by atoms with Gasteiger partial charge in [-0.05, 0) is 55.0 Å². The zero-order chi connectivity index (χ0) is 34.8. The summed E-state index contributed by atoms with van der Waals surface area (Å²) in [5, 5.41) is 6.88. The van der Waals surface area contributed by atoms with Gasteiger partial charge in [-0.25, -0.2) is 19.1 Å². The number of esters is 4. The molecule has 1 aromatic heterocycles. The van der Waals surface area contributed by atoms with Crippen LogP contribution in [0, 0.1) is 4.77 Å². The van der Waals surface area contributed by atoms with E-state index in [4.69, 9.17) is 35.9 Å². The first kappa shape index (κ1) is 34.7. The third kappa shape index (κ3) is 8.82. The van der Waals surface area contributed by atoms with Gasteiger partial charge in [-0.1, -0.05) is 61.5 Å². The normalized spacial score (nSPS) is 18.2. The molecule has 15 heteroatoms. The number of ether oxygens (including phenoxy) is 5. The van der Waals surface area contributed by atoms with E-state index in [9.17, 15) is 24.0 Å². The third-order valence-corrected chi connectivity index (χ3v) is 7.43. The van der Waals surface area contributed by atoms with Crippen LogP contribution in [-0.4, -0.2) is 76.7 Å². The Morgan fingerprint density at radius 1 is 0.816 bits per heavy atom. The number of carbonyl (C=O) groups excluding carboxylic acids is 4. The Morgan fingerprint density at radius 2 is 1.35 bits per heavy atom. The molecule has 4 atom stereocenters. The van der Waals surface area contributed by atoms with E-state index in [1.807, 2.05) is 6.92 Å². The lowest BCUT2D eigenvalue weighted by Gasteiger charge is -2.25. The molecule has 1 aliphatic heterocycles. The zero-order valence-corrected chi connectivity index (χ0v) is 27.0. The molecule has 14 nitrogen and oxygen atoms in total. The number of nitrogens with one attached hydrogen (secondary N) is 2. The zero-order valence-electron chi connectivity index (χ0n) is 26.2. The van der Waals surface area contributed by atoms with Crippen LogP contribution >= 0.6 is 12.2 Å². The van der Waals surface area contributed by atoms with Crippen molar-refractivity contribution in [3.63, 3.8) is 0 Å². The topological polar surface area (TPSA) is 177 Å². The number of aromatic amines is 1. The molecule has 1 aliphatic rings. The molecule has 1 fully saturated rings. The minimum atomic E-state index is -1.44. The van der Waals surface area contributed by atoms with E-state index >= 15 is 0 Å². The van der Waals surface area contributed by atoms with Crippen molar-refractivity contribution in [2.75, 3.05) is 25.1 Å². The molecule has 3 aromatic carbocycles. The SMILES string of the molecule is CCCOC(=O)CNc1nn([C@@H]2O[C@H](COC(=O)c3ccccc3)[C@@H](OC(=O)c3ccccc3)[C@@H]2OC(=O)c2ccccc2)c(=S)[nH]c1=O. The van der Waals surface area contributed by atoms with Crippen molar-refractivity contribution in [3.8, 4) is 0 Å². The quantitative estimate of drug-likeness (QED) is 0.118. The summed E-state index contributed by atoms with van der Waals surface area (Å²) in [4.78, 5) is 67.0. The summed E-state index contributed by atoms with van der Waals surface area (Å²) in [7, 11) is 0. The van der Waals surface area contributed by atoms with Crippen molar-refractivity contribution >= 4 is 41.9 Å². The fraction of sp³-hybridized carbons (Fsp3) is 0.265. The first-order valence-electron chi connectivity index (χ1n) is 15.3. The number of rotatable bonds is 13. The van der Waals surface area contributed by atoms with Crippen molar-refractivity contribution in [1.82, 2.24) is 14.8 Å². The summed E-state index contributed by atoms with van der Waals surface area (Å²) >= 11 is 5.41. The first-order chi connectivity index (χ1) is 23.7. The van der Waals surface area contributed by atoms with Crippen LogP contribution in [0.5, 0.6) is 0 Å². The van der Waals surface area contributed by atoms with Crippen molar-refractivity contribution < 1.29 is 42.9 Å². The first-order valence-corrected chi connectivity index (χ1v) is 15.7. The van der Waals surface area contributed by atoms with Gasteiger partial charge in [-0.15, -0.1) is 5.10 Å². The van der Waals surface area contributed by atoms with Gasteiger partial charge in [-0.2, -0.15) is 0 Å². The monoisotopic (exact) mass is 688 g/mol. The minimum Gasteiger partial charge on any atom is -0.464 e. The molecular formula is C34H32N4O10S. The molecule has 0 radical (unpaired) electrons. The fourth-order valence-corrected chi connectivity index (χ4v) is 5.01. The van der Waals surface area contributed by atoms with Crippen molar-refractivity contribution in [1.29, 1.82) is 0 Å². The van der Waals surface area contributed by atoms with Crippen LogP contribution in [0.1, 0.15) is 50.6 Å². The minimum absolute atomic E-state index is 0.180. The van der Waals surface area contributed by atoms with Gasteiger partial charge in [0.25, 0.3) is 5.56 Å². The van der Waals surface area contributed by atoms with E-state index in [2.05, 4.69) is 15.4 Å². The third-order valence-electron chi connectivity index (χ3n) is 7.14. The summed E-state index contributed by atoms with van der Waals surface area (Å²) in [5.41, 5.74) is -0.112. The van der Waals surface area contributed by atoms with Crippen LogP contribution in [0.3, 0.4) is 0 Å². The molecule has 49 heavy (non-hydrogen) atoms. The van der Waals surface area contributed by atoms with Gasteiger partial charge in [0.1, 0.15) is 19.3 Å². The molecule has 0 aliphatic carbocycles. The maximum absolute atomic E-state index is 13.4. The second-order valence-electron chi connectivity index (χ2n) is 10.6. The summed E-state index contributed by atoms with van der Waals surface area (Å²) in [6.45, 7) is 1.20. The van der Waals surface area contributed by atoms with Gasteiger partial charge >= 0.3 is 23.9 Å². The average molecular weight is 689 g/mol. The maximum Gasteiger partial charge on any atom is 0.338 e. The Balaban J connectivity index is 1.51. The molecule has 0 amide bonds. The highest BCUT2D eigenvalue weighted by atomic mass is 32.1. The van der Waals surface area contributed by atoms with Gasteiger partial charge in [0.05, 0.1) is 23.3 Å². The van der Waals surface area contributed by atoms with Crippen LogP contribution in [0.4, 0.5) is 5.82 Å². The van der Waals surface area contributed by atoms with Gasteiger partial charge in [0.15, 0.2) is 23.2 Å². The van der Waals surface area contributed by atoms with Gasteiger partial charge in [0, 0.05) is 0 Å². The number of hydrogen-bond acceptors (Lipinski definition) is 13. The summed E-state index contributed by atoms with van der Waals surface area (Å²) in [5.74, 6) is -3.21. The van der Waals surface area contributed by atoms with Crippen LogP contribution in [0.2, 0.25) is 0 Å². The predicted octanol–water partition coefficient (Wildman–Crippen LogP) is 3.87. The van der Waals surface area contributed by atoms with Crippen molar-refractivity contribution in [2.45, 2.75) is 37.9 Å². The van der Waals surface area contributed by atoms with Crippen molar-refractivity contribution in [3.05, 3.63) is 123 Å². The molecule has 0 unspecified atom stereocenters. The highest BCUT2D eigenvalue weighted by Crippen LogP contribution is 2.35. The molecule has 254 valence electrons. The van der Waals surface area contributed by atoms with E-state index in [-0.39, 0.29) is 40.4 Å². The van der Waals surface area contributed by atoms with Crippen molar-refractivity contribution in [2.24, 2.45) is 0 Å². The highest BCUT2D eigenvalue weighted by Gasteiger charge is 2.52. The number of benzene rings is 3. The summed E-state index contributed by atoms with van der Waals surface area (Å²) < 4.78 is 29.5.